The van der Waals surface area contributed by atoms with Crippen LogP contribution in [-0.2, 0) is 37.0 Å². The molecule has 0 spiro atoms. The van der Waals surface area contributed by atoms with E-state index in [1.165, 1.54) is 13.3 Å². The standard InChI is InChI=1S/C39H51N3O6/c1-28(44)40-21-7-3-4-12-38(45)41-24-33-9-5-6-11-36(33)30-17-19-32(20-18-30)39-47-35(25-42-22-8-10-34(42)27-46-2)23-37(48-39)31-15-13-29(26-43)14-16-31/h5-6,9,11,13-20,34-35,37,39,43H,3-4,7-8,10,12,21-27H2,1-2H3,(H,40,44)(H,41,45)/t34-,35-,37+,39+/m0/s1. The van der Waals surface area contributed by atoms with Crippen molar-refractivity contribution in [3.8, 4) is 11.1 Å². The summed E-state index contributed by atoms with van der Waals surface area (Å²) in [5, 5.41) is 15.4. The van der Waals surface area contributed by atoms with Crippen LogP contribution in [0.5, 0.6) is 0 Å². The summed E-state index contributed by atoms with van der Waals surface area (Å²) in [5.74, 6) is 0.00835. The molecule has 9 heteroatoms. The zero-order valence-corrected chi connectivity index (χ0v) is 28.4. The normalized spacial score (nSPS) is 21.2. The van der Waals surface area contributed by atoms with Gasteiger partial charge in [-0.2, -0.15) is 0 Å². The summed E-state index contributed by atoms with van der Waals surface area (Å²) in [4.78, 5) is 26.0. The molecule has 48 heavy (non-hydrogen) atoms. The van der Waals surface area contributed by atoms with E-state index in [0.717, 1.165) is 85.2 Å². The first-order valence-corrected chi connectivity index (χ1v) is 17.4. The van der Waals surface area contributed by atoms with Gasteiger partial charge in [-0.3, -0.25) is 14.5 Å². The molecule has 2 fully saturated rings. The highest BCUT2D eigenvalue weighted by molar-refractivity contribution is 5.76. The van der Waals surface area contributed by atoms with E-state index < -0.39 is 6.29 Å². The van der Waals surface area contributed by atoms with Crippen molar-refractivity contribution in [1.29, 1.82) is 0 Å². The number of ether oxygens (including phenoxy) is 3. The molecule has 0 aromatic heterocycles. The maximum Gasteiger partial charge on any atom is 0.220 e. The van der Waals surface area contributed by atoms with Gasteiger partial charge in [0.15, 0.2) is 6.29 Å². The van der Waals surface area contributed by atoms with Gasteiger partial charge in [-0.1, -0.05) is 79.2 Å². The number of aliphatic hydroxyl groups excluding tert-OH is 1. The lowest BCUT2D eigenvalue weighted by Gasteiger charge is -2.38. The molecule has 2 amide bonds. The molecule has 0 aliphatic carbocycles. The summed E-state index contributed by atoms with van der Waals surface area (Å²) >= 11 is 0. The molecule has 9 nitrogen and oxygen atoms in total. The Bertz CT molecular complexity index is 1450. The molecule has 0 bridgehead atoms. The minimum Gasteiger partial charge on any atom is -0.392 e. The van der Waals surface area contributed by atoms with Gasteiger partial charge in [-0.05, 0) is 60.0 Å². The summed E-state index contributed by atoms with van der Waals surface area (Å²) in [6.45, 7) is 5.23. The molecule has 3 aromatic carbocycles. The monoisotopic (exact) mass is 657 g/mol. The smallest absolute Gasteiger partial charge is 0.220 e. The zero-order chi connectivity index (χ0) is 33.7. The molecular formula is C39H51N3O6. The van der Waals surface area contributed by atoms with Crippen molar-refractivity contribution < 1.29 is 28.9 Å². The van der Waals surface area contributed by atoms with Crippen LogP contribution in [0.4, 0.5) is 0 Å². The lowest BCUT2D eigenvalue weighted by atomic mass is 9.97. The minimum absolute atomic E-state index is 0.00931. The van der Waals surface area contributed by atoms with Gasteiger partial charge >= 0.3 is 0 Å². The highest BCUT2D eigenvalue weighted by atomic mass is 16.7. The second-order valence-electron chi connectivity index (χ2n) is 12.9. The molecule has 3 N–H and O–H groups in total. The number of unbranched alkanes of at least 4 members (excludes halogenated alkanes) is 2. The van der Waals surface area contributed by atoms with Crippen molar-refractivity contribution in [2.75, 3.05) is 33.4 Å². The van der Waals surface area contributed by atoms with E-state index in [4.69, 9.17) is 14.2 Å². The number of aliphatic hydroxyl groups is 1. The number of rotatable bonds is 16. The van der Waals surface area contributed by atoms with Gasteiger partial charge in [0.1, 0.15) is 0 Å². The van der Waals surface area contributed by atoms with Gasteiger partial charge in [0.25, 0.3) is 0 Å². The van der Waals surface area contributed by atoms with E-state index in [-0.39, 0.29) is 30.6 Å². The van der Waals surface area contributed by atoms with Crippen LogP contribution < -0.4 is 10.6 Å². The Hall–Kier alpha value is -3.60. The number of carbonyl (C=O) groups excluding carboxylic acids is 2. The number of amides is 2. The number of benzene rings is 3. The van der Waals surface area contributed by atoms with E-state index in [0.29, 0.717) is 25.6 Å². The fourth-order valence-corrected chi connectivity index (χ4v) is 6.72. The second kappa shape index (κ2) is 18.2. The maximum absolute atomic E-state index is 12.5. The van der Waals surface area contributed by atoms with Crippen LogP contribution in [0.25, 0.3) is 11.1 Å². The maximum atomic E-state index is 12.5. The molecule has 0 unspecified atom stereocenters. The predicted octanol–water partition coefficient (Wildman–Crippen LogP) is 5.81. The van der Waals surface area contributed by atoms with E-state index in [1.807, 2.05) is 36.4 Å². The number of methoxy groups -OCH3 is 1. The van der Waals surface area contributed by atoms with E-state index in [9.17, 15) is 14.7 Å². The second-order valence-corrected chi connectivity index (χ2v) is 12.9. The molecule has 5 rings (SSSR count). The Morgan fingerprint density at radius 3 is 2.46 bits per heavy atom. The average molecular weight is 658 g/mol. The van der Waals surface area contributed by atoms with Crippen LogP contribution in [0.2, 0.25) is 0 Å². The lowest BCUT2D eigenvalue weighted by molar-refractivity contribution is -0.253. The summed E-state index contributed by atoms with van der Waals surface area (Å²) < 4.78 is 18.8. The van der Waals surface area contributed by atoms with Crippen LogP contribution in [0.15, 0.2) is 72.8 Å². The molecule has 3 aromatic rings. The summed E-state index contributed by atoms with van der Waals surface area (Å²) in [5.41, 5.74) is 6.10. The number of likely N-dealkylation sites (tertiary alicyclic amines) is 1. The number of hydrogen-bond acceptors (Lipinski definition) is 7. The van der Waals surface area contributed by atoms with Crippen LogP contribution in [0.1, 0.15) is 86.5 Å². The molecule has 0 radical (unpaired) electrons. The van der Waals surface area contributed by atoms with E-state index in [2.05, 4.69) is 51.9 Å². The highest BCUT2D eigenvalue weighted by Crippen LogP contribution is 2.39. The Balaban J connectivity index is 1.24. The van der Waals surface area contributed by atoms with E-state index >= 15 is 0 Å². The van der Waals surface area contributed by atoms with Crippen LogP contribution in [-0.4, -0.2) is 67.3 Å². The van der Waals surface area contributed by atoms with Gasteiger partial charge in [-0.25, -0.2) is 0 Å². The Kier molecular flexibility index (Phi) is 13.6. The van der Waals surface area contributed by atoms with Crippen LogP contribution in [0, 0.1) is 0 Å². The molecule has 4 atom stereocenters. The van der Waals surface area contributed by atoms with Gasteiger partial charge in [0.05, 0.1) is 25.4 Å². The fraction of sp³-hybridized carbons (Fsp3) is 0.487. The number of nitrogens with zero attached hydrogens (tertiary/aromatic N) is 1. The van der Waals surface area contributed by atoms with Crippen molar-refractivity contribution in [3.05, 3.63) is 95.1 Å². The Morgan fingerprint density at radius 1 is 0.938 bits per heavy atom. The number of carbonyl (C=O) groups is 2. The number of hydrogen-bond donors (Lipinski definition) is 3. The third-order valence-corrected chi connectivity index (χ3v) is 9.35. The molecule has 258 valence electrons. The minimum atomic E-state index is -0.517. The van der Waals surface area contributed by atoms with Crippen molar-refractivity contribution in [3.63, 3.8) is 0 Å². The molecule has 0 saturated carbocycles. The van der Waals surface area contributed by atoms with Gasteiger partial charge in [0.2, 0.25) is 11.8 Å². The number of nitrogens with one attached hydrogen (secondary N) is 2. The Morgan fingerprint density at radius 2 is 1.71 bits per heavy atom. The van der Waals surface area contributed by atoms with Crippen molar-refractivity contribution in [2.45, 2.75) is 89.6 Å². The summed E-state index contributed by atoms with van der Waals surface area (Å²) in [6.07, 6.45) is 5.43. The summed E-state index contributed by atoms with van der Waals surface area (Å²) in [7, 11) is 1.77. The molecule has 2 saturated heterocycles. The largest absolute Gasteiger partial charge is 0.392 e. The molecule has 2 heterocycles. The van der Waals surface area contributed by atoms with Gasteiger partial charge in [0, 0.05) is 58.1 Å². The summed E-state index contributed by atoms with van der Waals surface area (Å²) in [6, 6.07) is 24.9. The van der Waals surface area contributed by atoms with Crippen LogP contribution in [0.3, 0.4) is 0 Å². The molecule has 2 aliphatic heterocycles. The van der Waals surface area contributed by atoms with Gasteiger partial charge in [-0.15, -0.1) is 0 Å². The first-order chi connectivity index (χ1) is 23.4. The highest BCUT2D eigenvalue weighted by Gasteiger charge is 2.35. The first kappa shape index (κ1) is 35.7. The third kappa shape index (κ3) is 10.2. The van der Waals surface area contributed by atoms with Crippen LogP contribution >= 0.6 is 0 Å². The quantitative estimate of drug-likeness (QED) is 0.167. The zero-order valence-electron chi connectivity index (χ0n) is 28.4. The topological polar surface area (TPSA) is 109 Å². The van der Waals surface area contributed by atoms with Crippen molar-refractivity contribution >= 4 is 11.8 Å². The molecular weight excluding hydrogens is 606 g/mol. The fourth-order valence-electron chi connectivity index (χ4n) is 6.72. The lowest BCUT2D eigenvalue weighted by Crippen LogP contribution is -2.42. The van der Waals surface area contributed by atoms with Gasteiger partial charge < -0.3 is 30.0 Å². The average Bonchev–Trinajstić information content (AvgIpc) is 3.55. The SMILES string of the molecule is COC[C@@H]1CCCN1C[C@@H]1C[C@H](c2ccc(CO)cc2)O[C@H](c2ccc(-c3ccccc3CNC(=O)CCCCCNC(C)=O)cc2)O1. The van der Waals surface area contributed by atoms with Crippen molar-refractivity contribution in [2.24, 2.45) is 0 Å². The van der Waals surface area contributed by atoms with E-state index in [1.54, 1.807) is 7.11 Å². The first-order valence-electron chi connectivity index (χ1n) is 17.4. The predicted molar refractivity (Wildman–Crippen MR) is 186 cm³/mol. The molecule has 2 aliphatic rings. The third-order valence-electron chi connectivity index (χ3n) is 9.35. The van der Waals surface area contributed by atoms with Crippen molar-refractivity contribution in [1.82, 2.24) is 15.5 Å². The Labute approximate surface area is 285 Å².